The van der Waals surface area contributed by atoms with E-state index in [1.54, 1.807) is 16.7 Å². The van der Waals surface area contributed by atoms with Crippen LogP contribution in [0.1, 0.15) is 18.4 Å². The average Bonchev–Trinajstić information content (AvgIpc) is 2.83. The van der Waals surface area contributed by atoms with Crippen LogP contribution >= 0.6 is 15.9 Å². The molecule has 1 aliphatic rings. The summed E-state index contributed by atoms with van der Waals surface area (Å²) < 4.78 is 17.7. The van der Waals surface area contributed by atoms with Gasteiger partial charge in [-0.15, -0.1) is 0 Å². The number of anilines is 2. The summed E-state index contributed by atoms with van der Waals surface area (Å²) in [4.78, 5) is 19.4. The van der Waals surface area contributed by atoms with Crippen LogP contribution in [-0.2, 0) is 11.7 Å². The molecule has 0 amide bonds. The highest BCUT2D eigenvalue weighted by Crippen LogP contribution is 2.38. The van der Waals surface area contributed by atoms with E-state index in [4.69, 9.17) is 0 Å². The van der Waals surface area contributed by atoms with Gasteiger partial charge in [-0.2, -0.15) is 4.98 Å². The van der Waals surface area contributed by atoms with Gasteiger partial charge in [-0.1, -0.05) is 28.1 Å². The van der Waals surface area contributed by atoms with E-state index < -0.39 is 5.24 Å². The van der Waals surface area contributed by atoms with Crippen LogP contribution in [-0.4, -0.2) is 39.6 Å². The summed E-state index contributed by atoms with van der Waals surface area (Å²) in [5.74, 6) is 0.0404. The molecule has 0 spiro atoms. The summed E-state index contributed by atoms with van der Waals surface area (Å²) in [5.41, 5.74) is 2.37. The van der Waals surface area contributed by atoms with E-state index in [9.17, 15) is 4.79 Å². The van der Waals surface area contributed by atoms with Gasteiger partial charge in [0.2, 0.25) is 0 Å². The van der Waals surface area contributed by atoms with Gasteiger partial charge in [0.15, 0.2) is 5.82 Å². The van der Waals surface area contributed by atoms with Gasteiger partial charge in [0.1, 0.15) is 29.4 Å². The Bertz CT molecular complexity index is 1130. The number of fused-ring (bicyclic) bond motifs is 2. The van der Waals surface area contributed by atoms with Crippen LogP contribution in [0.15, 0.2) is 45.7 Å². The van der Waals surface area contributed by atoms with Crippen LogP contribution < -0.4 is 10.6 Å². The van der Waals surface area contributed by atoms with Gasteiger partial charge in [0.25, 0.3) is 0 Å². The first-order valence-electron chi connectivity index (χ1n) is 9.56. The van der Waals surface area contributed by atoms with Gasteiger partial charge >= 0.3 is 5.69 Å². The monoisotopic (exact) mass is 437 g/mol. The molecule has 0 radical (unpaired) electrons. The van der Waals surface area contributed by atoms with Gasteiger partial charge < -0.3 is 9.47 Å². The maximum atomic E-state index is 15.1. The second-order valence-corrected chi connectivity index (χ2v) is 9.06. The van der Waals surface area contributed by atoms with Gasteiger partial charge in [0.05, 0.1) is 10.9 Å². The SMILES string of the molecule is BC(B)(B)n1c(=O)nc(N2CCCCc3c(Br)cccc32)c2c(F)cccc21. The third-order valence-electron chi connectivity index (χ3n) is 5.22. The normalized spacial score (nSPS) is 14.7. The van der Waals surface area contributed by atoms with E-state index in [1.165, 1.54) is 11.6 Å². The van der Waals surface area contributed by atoms with Crippen molar-refractivity contribution in [3.8, 4) is 0 Å². The molecular formula is C19H20B3BrFN3O. The van der Waals surface area contributed by atoms with Crippen LogP contribution in [0.5, 0.6) is 0 Å². The maximum absolute atomic E-state index is 15.1. The minimum Gasteiger partial charge on any atom is -0.325 e. The molecule has 1 aromatic heterocycles. The number of rotatable bonds is 2. The molecule has 0 saturated carbocycles. The zero-order chi connectivity index (χ0) is 20.1. The molecule has 140 valence electrons. The molecule has 0 unspecified atom stereocenters. The molecule has 1 aliphatic heterocycles. The lowest BCUT2D eigenvalue weighted by Crippen LogP contribution is -2.44. The molecule has 28 heavy (non-hydrogen) atoms. The maximum Gasteiger partial charge on any atom is 0.348 e. The Hall–Kier alpha value is -2.02. The topological polar surface area (TPSA) is 38.1 Å². The first-order valence-corrected chi connectivity index (χ1v) is 10.3. The van der Waals surface area contributed by atoms with Gasteiger partial charge in [-0.05, 0) is 54.3 Å². The number of hydrogen-bond acceptors (Lipinski definition) is 3. The largest absolute Gasteiger partial charge is 0.348 e. The van der Waals surface area contributed by atoms with Crippen molar-refractivity contribution < 1.29 is 4.39 Å². The highest BCUT2D eigenvalue weighted by Gasteiger charge is 2.27. The van der Waals surface area contributed by atoms with Crippen molar-refractivity contribution in [2.24, 2.45) is 0 Å². The Morgan fingerprint density at radius 1 is 1.11 bits per heavy atom. The molecule has 9 heteroatoms. The number of nitrogens with zero attached hydrogens (tertiary/aromatic N) is 3. The van der Waals surface area contributed by atoms with Crippen molar-refractivity contribution in [3.63, 3.8) is 0 Å². The molecule has 0 bridgehead atoms. The number of benzene rings is 2. The van der Waals surface area contributed by atoms with Crippen LogP contribution in [0, 0.1) is 5.82 Å². The highest BCUT2D eigenvalue weighted by atomic mass is 79.9. The van der Waals surface area contributed by atoms with Gasteiger partial charge in [0, 0.05) is 16.7 Å². The summed E-state index contributed by atoms with van der Waals surface area (Å²) in [6, 6.07) is 10.9. The Kier molecular flexibility index (Phi) is 4.90. The Balaban J connectivity index is 2.07. The minimum absolute atomic E-state index is 0.360. The Labute approximate surface area is 174 Å². The summed E-state index contributed by atoms with van der Waals surface area (Å²) in [7, 11) is 5.79. The van der Waals surface area contributed by atoms with E-state index in [0.29, 0.717) is 23.3 Å². The van der Waals surface area contributed by atoms with Gasteiger partial charge in [-0.3, -0.25) is 0 Å². The fourth-order valence-corrected chi connectivity index (χ4v) is 4.58. The number of halogens is 2. The molecule has 0 atom stereocenters. The molecule has 0 aliphatic carbocycles. The van der Waals surface area contributed by atoms with Crippen molar-refractivity contribution in [1.29, 1.82) is 0 Å². The molecule has 4 rings (SSSR count). The third kappa shape index (κ3) is 3.19. The van der Waals surface area contributed by atoms with Crippen molar-refractivity contribution in [2.45, 2.75) is 24.5 Å². The molecule has 2 heterocycles. The summed E-state index contributed by atoms with van der Waals surface area (Å²) in [6.07, 6.45) is 2.92. The van der Waals surface area contributed by atoms with E-state index in [1.807, 2.05) is 46.6 Å². The standard InChI is InChI=1S/C19H20B3BrFN3O/c20-19(21,22)27-15-9-4-7-13(24)16(15)17(25-18(27)28)26-10-2-1-5-11-12(23)6-3-8-14(11)26/h3-4,6-9H,1-2,5,10,20-22H2. The smallest absolute Gasteiger partial charge is 0.325 e. The summed E-state index contributed by atoms with van der Waals surface area (Å²) in [5, 5.41) is -0.112. The molecule has 0 N–H and O–H groups in total. The molecular weight excluding hydrogens is 418 g/mol. The second kappa shape index (κ2) is 7.10. The minimum atomic E-state index is -0.506. The quantitative estimate of drug-likeness (QED) is 0.566. The fourth-order valence-electron chi connectivity index (χ4n) is 4.02. The zero-order valence-electron chi connectivity index (χ0n) is 16.3. The van der Waals surface area contributed by atoms with Crippen LogP contribution in [0.3, 0.4) is 0 Å². The highest BCUT2D eigenvalue weighted by molar-refractivity contribution is 9.10. The molecule has 4 nitrogen and oxygen atoms in total. The molecule has 0 saturated heterocycles. The molecule has 0 fully saturated rings. The predicted octanol–water partition coefficient (Wildman–Crippen LogP) is 1.24. The van der Waals surface area contributed by atoms with Crippen molar-refractivity contribution in [3.05, 3.63) is 62.7 Å². The fraction of sp³-hybridized carbons (Fsp3) is 0.263. The molecule has 2 aromatic carbocycles. The van der Waals surface area contributed by atoms with Crippen molar-refractivity contribution in [1.82, 2.24) is 9.55 Å². The van der Waals surface area contributed by atoms with Gasteiger partial charge in [-0.25, -0.2) is 9.18 Å². The zero-order valence-corrected chi connectivity index (χ0v) is 17.9. The average molecular weight is 438 g/mol. The van der Waals surface area contributed by atoms with E-state index in [2.05, 4.69) is 20.9 Å². The lowest BCUT2D eigenvalue weighted by atomic mass is 9.49. The molecule has 3 aromatic rings. The Morgan fingerprint density at radius 3 is 2.61 bits per heavy atom. The van der Waals surface area contributed by atoms with E-state index in [-0.39, 0.29) is 11.5 Å². The first-order chi connectivity index (χ1) is 13.3. The van der Waals surface area contributed by atoms with Crippen LogP contribution in [0.4, 0.5) is 15.9 Å². The summed E-state index contributed by atoms with van der Waals surface area (Å²) in [6.45, 7) is 0.693. The van der Waals surface area contributed by atoms with Crippen LogP contribution in [0.25, 0.3) is 10.9 Å². The number of aromatic nitrogens is 2. The second-order valence-electron chi connectivity index (χ2n) is 8.20. The van der Waals surface area contributed by atoms with Crippen LogP contribution in [0.2, 0.25) is 0 Å². The number of hydrogen-bond donors (Lipinski definition) is 0. The lowest BCUT2D eigenvalue weighted by Gasteiger charge is -2.29. The lowest BCUT2D eigenvalue weighted by molar-refractivity contribution is 0.635. The predicted molar refractivity (Wildman–Crippen MR) is 124 cm³/mol. The third-order valence-corrected chi connectivity index (χ3v) is 5.96. The van der Waals surface area contributed by atoms with Crippen molar-refractivity contribution in [2.75, 3.05) is 11.4 Å². The summed E-state index contributed by atoms with van der Waals surface area (Å²) >= 11 is 3.65. The first kappa shape index (κ1) is 19.3. The Morgan fingerprint density at radius 2 is 1.86 bits per heavy atom. The van der Waals surface area contributed by atoms with Crippen molar-refractivity contribution >= 4 is 61.9 Å². The van der Waals surface area contributed by atoms with E-state index >= 15 is 4.39 Å². The van der Waals surface area contributed by atoms with E-state index in [0.717, 1.165) is 29.4 Å².